The number of hydrazone groups is 1. The van der Waals surface area contributed by atoms with Crippen molar-refractivity contribution in [3.63, 3.8) is 0 Å². The quantitative estimate of drug-likeness (QED) is 0.291. The van der Waals surface area contributed by atoms with Crippen molar-refractivity contribution in [1.29, 1.82) is 0 Å². The molecule has 2 aromatic carbocycles. The van der Waals surface area contributed by atoms with Crippen molar-refractivity contribution in [1.82, 2.24) is 5.01 Å². The standard InChI is InChI=1S/C26H22BrClN2O4/c1-33-21-9-13(8-19(27)24(21)34-12-14-4-2-3-5-20(14)28)11-29-30-25(31)22-15-6-7-16(18-10-17(15)18)23(22)26(30)32/h2-9,11,15-18,22-23H,10,12H2,1H3/t15-,16-,17-,18+,22+,23+/m0/s1. The maximum Gasteiger partial charge on any atom is 0.254 e. The minimum absolute atomic E-state index is 0.179. The number of benzene rings is 2. The number of ether oxygens (including phenoxy) is 2. The van der Waals surface area contributed by atoms with E-state index in [9.17, 15) is 9.59 Å². The van der Waals surface area contributed by atoms with Gasteiger partial charge in [0, 0.05) is 10.6 Å². The SMILES string of the molecule is COc1cc(C=NN2C(=O)[C@@H]3[C@H]4C=C[C@@H]([C@@H]5C[C@H]45)[C@H]3C2=O)cc(Br)c1OCc1ccccc1Cl. The molecule has 34 heavy (non-hydrogen) atoms. The molecule has 3 fully saturated rings. The van der Waals surface area contributed by atoms with Crippen molar-refractivity contribution in [2.75, 3.05) is 7.11 Å². The van der Waals surface area contributed by atoms with Crippen LogP contribution in [0.5, 0.6) is 11.5 Å². The number of methoxy groups -OCH3 is 1. The summed E-state index contributed by atoms with van der Waals surface area (Å²) in [6, 6.07) is 11.1. The van der Waals surface area contributed by atoms with E-state index in [1.807, 2.05) is 30.3 Å². The molecular weight excluding hydrogens is 520 g/mol. The third-order valence-corrected chi connectivity index (χ3v) is 8.50. The average molecular weight is 542 g/mol. The Balaban J connectivity index is 1.21. The fraction of sp³-hybridized carbons (Fsp3) is 0.346. The van der Waals surface area contributed by atoms with Gasteiger partial charge in [-0.15, -0.1) is 0 Å². The van der Waals surface area contributed by atoms with Gasteiger partial charge >= 0.3 is 0 Å². The summed E-state index contributed by atoms with van der Waals surface area (Å²) < 4.78 is 12.2. The number of carbonyl (C=O) groups excluding carboxylic acids is 2. The first-order valence-electron chi connectivity index (χ1n) is 11.3. The number of carbonyl (C=O) groups is 2. The molecule has 1 aliphatic heterocycles. The highest BCUT2D eigenvalue weighted by molar-refractivity contribution is 9.10. The first-order chi connectivity index (χ1) is 16.5. The van der Waals surface area contributed by atoms with E-state index in [1.165, 1.54) is 6.21 Å². The molecule has 0 spiro atoms. The highest BCUT2D eigenvalue weighted by atomic mass is 79.9. The molecule has 1 heterocycles. The van der Waals surface area contributed by atoms with Gasteiger partial charge in [-0.2, -0.15) is 10.1 Å². The fourth-order valence-corrected chi connectivity index (χ4v) is 6.66. The van der Waals surface area contributed by atoms with E-state index in [0.717, 1.165) is 17.0 Å². The lowest BCUT2D eigenvalue weighted by Crippen LogP contribution is -2.40. The van der Waals surface area contributed by atoms with Gasteiger partial charge in [-0.25, -0.2) is 0 Å². The van der Waals surface area contributed by atoms with Gasteiger partial charge in [0.1, 0.15) is 6.61 Å². The summed E-state index contributed by atoms with van der Waals surface area (Å²) in [5.41, 5.74) is 1.53. The number of hydrogen-bond donors (Lipinski definition) is 0. The first kappa shape index (κ1) is 21.9. The summed E-state index contributed by atoms with van der Waals surface area (Å²) >= 11 is 9.77. The van der Waals surface area contributed by atoms with E-state index in [0.29, 0.717) is 38.4 Å². The number of allylic oxidation sites excluding steroid dienone is 2. The van der Waals surface area contributed by atoms with E-state index >= 15 is 0 Å². The molecule has 0 N–H and O–H groups in total. The molecule has 0 unspecified atom stereocenters. The van der Waals surface area contributed by atoms with Crippen molar-refractivity contribution in [3.8, 4) is 11.5 Å². The van der Waals surface area contributed by atoms with Crippen LogP contribution in [0.3, 0.4) is 0 Å². The fourth-order valence-electron chi connectivity index (χ4n) is 5.90. The zero-order valence-electron chi connectivity index (χ0n) is 18.4. The van der Waals surface area contributed by atoms with Crippen LogP contribution in [-0.4, -0.2) is 30.1 Å². The maximum atomic E-state index is 13.1. The number of imide groups is 1. The molecule has 6 nitrogen and oxygen atoms in total. The summed E-state index contributed by atoms with van der Waals surface area (Å²) in [6.45, 7) is 0.278. The van der Waals surface area contributed by atoms with Crippen molar-refractivity contribution in [3.05, 3.63) is 69.2 Å². The van der Waals surface area contributed by atoms with Gasteiger partial charge in [-0.3, -0.25) is 9.59 Å². The third-order valence-electron chi connectivity index (χ3n) is 7.54. The summed E-state index contributed by atoms with van der Waals surface area (Å²) in [6.07, 6.45) is 6.97. The number of amides is 2. The Labute approximate surface area is 210 Å². The van der Waals surface area contributed by atoms with Gasteiger partial charge in [-0.05, 0) is 69.8 Å². The van der Waals surface area contributed by atoms with Crippen molar-refractivity contribution in [2.24, 2.45) is 40.6 Å². The second kappa shape index (κ2) is 8.24. The lowest BCUT2D eigenvalue weighted by atomic mass is 9.63. The normalized spacial score (nSPS) is 30.6. The minimum Gasteiger partial charge on any atom is -0.493 e. The van der Waals surface area contributed by atoms with E-state index in [1.54, 1.807) is 13.2 Å². The monoisotopic (exact) mass is 540 g/mol. The zero-order valence-corrected chi connectivity index (χ0v) is 20.7. The topological polar surface area (TPSA) is 68.2 Å². The van der Waals surface area contributed by atoms with E-state index in [-0.39, 0.29) is 42.1 Å². The molecule has 4 aliphatic carbocycles. The summed E-state index contributed by atoms with van der Waals surface area (Å²) in [5.74, 6) is 1.64. The van der Waals surface area contributed by atoms with Crippen LogP contribution in [0.15, 0.2) is 58.1 Å². The predicted molar refractivity (Wildman–Crippen MR) is 131 cm³/mol. The minimum atomic E-state index is -0.259. The largest absolute Gasteiger partial charge is 0.493 e. The van der Waals surface area contributed by atoms with Crippen molar-refractivity contribution in [2.45, 2.75) is 13.0 Å². The van der Waals surface area contributed by atoms with Crippen LogP contribution >= 0.6 is 27.5 Å². The molecule has 1 saturated heterocycles. The van der Waals surface area contributed by atoms with Crippen molar-refractivity contribution >= 4 is 45.6 Å². The maximum absolute atomic E-state index is 13.1. The Bertz CT molecular complexity index is 1230. The van der Waals surface area contributed by atoms with Gasteiger partial charge in [0.25, 0.3) is 11.8 Å². The Hall–Kier alpha value is -2.64. The molecule has 174 valence electrons. The number of hydrogen-bond acceptors (Lipinski definition) is 5. The molecule has 2 amide bonds. The Kier molecular flexibility index (Phi) is 5.30. The highest BCUT2D eigenvalue weighted by Crippen LogP contribution is 2.65. The van der Waals surface area contributed by atoms with Gasteiger partial charge in [0.05, 0.1) is 29.6 Å². The third kappa shape index (κ3) is 3.40. The van der Waals surface area contributed by atoms with Crippen LogP contribution in [0, 0.1) is 35.5 Å². The molecule has 2 aromatic rings. The molecule has 7 rings (SSSR count). The molecule has 0 radical (unpaired) electrons. The second-order valence-corrected chi connectivity index (χ2v) is 10.6. The number of nitrogens with zero attached hydrogens (tertiary/aromatic N) is 2. The Morgan fingerprint density at radius 2 is 1.79 bits per heavy atom. The molecule has 2 saturated carbocycles. The molecule has 6 atom stereocenters. The van der Waals surface area contributed by atoms with Crippen LogP contribution in [0.4, 0.5) is 0 Å². The average Bonchev–Trinajstić information content (AvgIpc) is 3.62. The van der Waals surface area contributed by atoms with Crippen LogP contribution in [0.1, 0.15) is 17.5 Å². The van der Waals surface area contributed by atoms with E-state index in [2.05, 4.69) is 33.2 Å². The molecule has 0 aromatic heterocycles. The predicted octanol–water partition coefficient (Wildman–Crippen LogP) is 5.08. The molecular formula is C26H22BrClN2O4. The van der Waals surface area contributed by atoms with Crippen molar-refractivity contribution < 1.29 is 19.1 Å². The number of rotatable bonds is 6. The van der Waals surface area contributed by atoms with Gasteiger partial charge in [0.2, 0.25) is 0 Å². The van der Waals surface area contributed by atoms with Crippen LogP contribution in [0.2, 0.25) is 5.02 Å². The Morgan fingerprint density at radius 1 is 1.12 bits per heavy atom. The lowest BCUT2D eigenvalue weighted by Gasteiger charge is -2.37. The summed E-state index contributed by atoms with van der Waals surface area (Å²) in [7, 11) is 1.55. The first-order valence-corrected chi connectivity index (χ1v) is 12.5. The number of halogens is 2. The summed E-state index contributed by atoms with van der Waals surface area (Å²) in [5, 5.41) is 6.02. The van der Waals surface area contributed by atoms with Gasteiger partial charge in [-0.1, -0.05) is 42.0 Å². The smallest absolute Gasteiger partial charge is 0.254 e. The van der Waals surface area contributed by atoms with Crippen LogP contribution < -0.4 is 9.47 Å². The zero-order chi connectivity index (χ0) is 23.6. The Morgan fingerprint density at radius 3 is 2.44 bits per heavy atom. The van der Waals surface area contributed by atoms with Crippen LogP contribution in [-0.2, 0) is 16.2 Å². The lowest BCUT2D eigenvalue weighted by molar-refractivity contribution is -0.140. The molecule has 2 bridgehead atoms. The summed E-state index contributed by atoms with van der Waals surface area (Å²) in [4.78, 5) is 26.2. The highest BCUT2D eigenvalue weighted by Gasteiger charge is 2.67. The molecule has 8 heteroatoms. The van der Waals surface area contributed by atoms with Gasteiger partial charge in [0.15, 0.2) is 11.5 Å². The van der Waals surface area contributed by atoms with Gasteiger partial charge < -0.3 is 9.47 Å². The molecule has 5 aliphatic rings. The van der Waals surface area contributed by atoms with E-state index in [4.69, 9.17) is 21.1 Å². The van der Waals surface area contributed by atoms with E-state index < -0.39 is 0 Å². The second-order valence-electron chi connectivity index (χ2n) is 9.30. The van der Waals surface area contributed by atoms with Crippen LogP contribution in [0.25, 0.3) is 0 Å².